The molecule has 4 saturated carbocycles. The van der Waals surface area contributed by atoms with E-state index in [2.05, 4.69) is 38.7 Å². The van der Waals surface area contributed by atoms with Crippen molar-refractivity contribution in [1.29, 1.82) is 0 Å². The normalized spacial score (nSPS) is 45.7. The molecule has 0 bridgehead atoms. The second-order valence-corrected chi connectivity index (χ2v) is 12.2. The van der Waals surface area contributed by atoms with E-state index in [1.54, 1.807) is 12.7 Å². The maximum Gasteiger partial charge on any atom is 0.198 e. The molecule has 4 heteroatoms. The minimum atomic E-state index is -0.569. The van der Waals surface area contributed by atoms with Gasteiger partial charge in [0, 0.05) is 19.4 Å². The van der Waals surface area contributed by atoms with Crippen molar-refractivity contribution in [3.63, 3.8) is 0 Å². The number of hydrogen-bond acceptors (Lipinski definition) is 4. The van der Waals surface area contributed by atoms with E-state index in [1.165, 1.54) is 43.3 Å². The molecule has 5 rings (SSSR count). The first kappa shape index (κ1) is 25.4. The number of hydrogen-bond donors (Lipinski definition) is 1. The van der Waals surface area contributed by atoms with Crippen LogP contribution in [-0.4, -0.2) is 43.4 Å². The summed E-state index contributed by atoms with van der Waals surface area (Å²) in [5, 5.41) is 10.2. The van der Waals surface area contributed by atoms with Gasteiger partial charge >= 0.3 is 0 Å². The summed E-state index contributed by atoms with van der Waals surface area (Å²) in [7, 11) is 1.80. The van der Waals surface area contributed by atoms with Crippen LogP contribution in [0.15, 0.2) is 47.1 Å². The molecule has 5 fully saturated rings. The number of allylic oxidation sites excluding steroid dienone is 4. The molecule has 5 aliphatic rings. The summed E-state index contributed by atoms with van der Waals surface area (Å²) in [6.07, 6.45) is 19.2. The molecule has 1 N–H and O–H groups in total. The van der Waals surface area contributed by atoms with Crippen LogP contribution in [-0.2, 0) is 14.2 Å². The third-order valence-corrected chi connectivity index (χ3v) is 10.0. The van der Waals surface area contributed by atoms with Crippen LogP contribution in [0.1, 0.15) is 84.5 Å². The molecule has 3 unspecified atom stereocenters. The topological polar surface area (TPSA) is 47.9 Å². The molecule has 0 aromatic carbocycles. The predicted octanol–water partition coefficient (Wildman–Crippen LogP) is 6.66. The summed E-state index contributed by atoms with van der Waals surface area (Å²) in [5.41, 5.74) is 5.56. The van der Waals surface area contributed by atoms with E-state index in [-0.39, 0.29) is 12.2 Å². The molecule has 0 radical (unpaired) electrons. The fraction of sp³-hybridized carbons (Fsp3) is 0.742. The highest BCUT2D eigenvalue weighted by Gasteiger charge is 2.52. The summed E-state index contributed by atoms with van der Waals surface area (Å²) < 4.78 is 18.4. The van der Waals surface area contributed by atoms with Crippen molar-refractivity contribution < 1.29 is 19.3 Å². The summed E-state index contributed by atoms with van der Waals surface area (Å²) in [6.45, 7) is 10.4. The minimum Gasteiger partial charge on any atom is -0.388 e. The Morgan fingerprint density at radius 3 is 2.60 bits per heavy atom. The SMILES string of the molecule is C=C1/C(=C\C=C2/CCCC3(C)C2CC[C@@H]3C/C=C2\CCC3(OCC(C)CO3)C2OC)CCC[C@@H]1O. The van der Waals surface area contributed by atoms with Crippen LogP contribution in [0.4, 0.5) is 0 Å². The van der Waals surface area contributed by atoms with Crippen molar-refractivity contribution in [3.05, 3.63) is 47.1 Å². The summed E-state index contributed by atoms with van der Waals surface area (Å²) in [6, 6.07) is 0. The van der Waals surface area contributed by atoms with Crippen LogP contribution >= 0.6 is 0 Å². The van der Waals surface area contributed by atoms with E-state index < -0.39 is 5.79 Å². The number of ether oxygens (including phenoxy) is 3. The highest BCUT2D eigenvalue weighted by molar-refractivity contribution is 5.38. The summed E-state index contributed by atoms with van der Waals surface area (Å²) >= 11 is 0. The van der Waals surface area contributed by atoms with E-state index in [1.807, 2.05) is 0 Å². The van der Waals surface area contributed by atoms with Crippen molar-refractivity contribution in [2.24, 2.45) is 23.2 Å². The highest BCUT2D eigenvalue weighted by atomic mass is 16.7. The van der Waals surface area contributed by atoms with Crippen LogP contribution in [0.2, 0.25) is 0 Å². The van der Waals surface area contributed by atoms with Crippen molar-refractivity contribution in [3.8, 4) is 0 Å². The van der Waals surface area contributed by atoms with E-state index in [0.717, 1.165) is 57.3 Å². The van der Waals surface area contributed by atoms with Gasteiger partial charge in [-0.3, -0.25) is 0 Å². The zero-order valence-electron chi connectivity index (χ0n) is 22.2. The van der Waals surface area contributed by atoms with Crippen LogP contribution in [0.3, 0.4) is 0 Å². The largest absolute Gasteiger partial charge is 0.388 e. The lowest BCUT2D eigenvalue weighted by atomic mass is 9.63. The Labute approximate surface area is 212 Å². The molecular weight excluding hydrogens is 436 g/mol. The number of fused-ring (bicyclic) bond motifs is 1. The Morgan fingerprint density at radius 1 is 1.03 bits per heavy atom. The standard InChI is InChI=1S/C31H46O4/c1-21-19-34-31(35-20-21)18-16-25(29(31)33-4)12-13-26-14-15-27-24(8-6-17-30(26,27)3)11-10-23-7-5-9-28(32)22(23)2/h10-12,21,26-29,32H,2,5-9,13-20H2,1,3-4H3/b23-10-,24-11+,25-12+/t21?,26-,27?,28-,29?,30?,31?/m0/s1. The van der Waals surface area contributed by atoms with Crippen molar-refractivity contribution >= 4 is 0 Å². The maximum atomic E-state index is 10.2. The van der Waals surface area contributed by atoms with Gasteiger partial charge in [0.05, 0.1) is 19.3 Å². The molecule has 1 saturated heterocycles. The average Bonchev–Trinajstić information content (AvgIpc) is 3.37. The van der Waals surface area contributed by atoms with Crippen LogP contribution < -0.4 is 0 Å². The lowest BCUT2D eigenvalue weighted by Crippen LogP contribution is -2.50. The Hall–Kier alpha value is -1.20. The molecule has 4 nitrogen and oxygen atoms in total. The molecule has 194 valence electrons. The van der Waals surface area contributed by atoms with Gasteiger partial charge in [0.2, 0.25) is 0 Å². The third kappa shape index (κ3) is 4.77. The van der Waals surface area contributed by atoms with Gasteiger partial charge in [0.25, 0.3) is 0 Å². The fourth-order valence-corrected chi connectivity index (χ4v) is 7.81. The molecule has 35 heavy (non-hydrogen) atoms. The van der Waals surface area contributed by atoms with Gasteiger partial charge in [-0.05, 0) is 98.2 Å². The summed E-state index contributed by atoms with van der Waals surface area (Å²) in [4.78, 5) is 0. The lowest BCUT2D eigenvalue weighted by molar-refractivity contribution is -0.308. The van der Waals surface area contributed by atoms with Crippen LogP contribution in [0, 0.1) is 23.2 Å². The van der Waals surface area contributed by atoms with Gasteiger partial charge in [-0.1, -0.05) is 44.2 Å². The van der Waals surface area contributed by atoms with Gasteiger partial charge in [-0.15, -0.1) is 0 Å². The molecule has 4 aliphatic carbocycles. The number of aliphatic hydroxyl groups is 1. The smallest absolute Gasteiger partial charge is 0.198 e. The zero-order chi connectivity index (χ0) is 24.6. The zero-order valence-corrected chi connectivity index (χ0v) is 22.2. The quantitative estimate of drug-likeness (QED) is 0.455. The second kappa shape index (κ2) is 10.3. The molecule has 0 aromatic rings. The molecule has 0 aromatic heterocycles. The van der Waals surface area contributed by atoms with Gasteiger partial charge in [0.1, 0.15) is 6.10 Å². The first-order valence-electron chi connectivity index (χ1n) is 14.1. The Balaban J connectivity index is 1.28. The van der Waals surface area contributed by atoms with Crippen LogP contribution in [0.25, 0.3) is 0 Å². The first-order chi connectivity index (χ1) is 16.9. The Kier molecular flexibility index (Phi) is 7.48. The molecule has 1 heterocycles. The highest BCUT2D eigenvalue weighted by Crippen LogP contribution is 2.58. The molecule has 0 amide bonds. The first-order valence-corrected chi connectivity index (χ1v) is 14.1. The average molecular weight is 483 g/mol. The monoisotopic (exact) mass is 482 g/mol. The van der Waals surface area contributed by atoms with Gasteiger partial charge in [0.15, 0.2) is 5.79 Å². The Morgan fingerprint density at radius 2 is 1.83 bits per heavy atom. The Bertz CT molecular complexity index is 890. The molecule has 5 atom stereocenters. The van der Waals surface area contributed by atoms with Gasteiger partial charge in [-0.25, -0.2) is 0 Å². The number of rotatable bonds is 4. The number of methoxy groups -OCH3 is 1. The molecule has 1 spiro atoms. The lowest BCUT2D eigenvalue weighted by Gasteiger charge is -2.42. The maximum absolute atomic E-state index is 10.2. The van der Waals surface area contributed by atoms with Gasteiger partial charge < -0.3 is 19.3 Å². The number of aliphatic hydroxyl groups excluding tert-OH is 1. The van der Waals surface area contributed by atoms with Gasteiger partial charge in [-0.2, -0.15) is 0 Å². The van der Waals surface area contributed by atoms with Crippen molar-refractivity contribution in [1.82, 2.24) is 0 Å². The minimum absolute atomic E-state index is 0.0765. The second-order valence-electron chi connectivity index (χ2n) is 12.2. The van der Waals surface area contributed by atoms with Crippen LogP contribution in [0.5, 0.6) is 0 Å². The predicted molar refractivity (Wildman–Crippen MR) is 140 cm³/mol. The van der Waals surface area contributed by atoms with E-state index in [4.69, 9.17) is 14.2 Å². The van der Waals surface area contributed by atoms with Crippen molar-refractivity contribution in [2.45, 2.75) is 102 Å². The van der Waals surface area contributed by atoms with E-state index in [9.17, 15) is 5.11 Å². The molecular formula is C31H46O4. The fourth-order valence-electron chi connectivity index (χ4n) is 7.81. The van der Waals surface area contributed by atoms with Crippen molar-refractivity contribution in [2.75, 3.05) is 20.3 Å². The van der Waals surface area contributed by atoms with E-state index >= 15 is 0 Å². The third-order valence-electron chi connectivity index (χ3n) is 10.0. The van der Waals surface area contributed by atoms with E-state index in [0.29, 0.717) is 23.2 Å². The molecule has 1 aliphatic heterocycles. The summed E-state index contributed by atoms with van der Waals surface area (Å²) in [5.74, 6) is 1.27.